The smallest absolute Gasteiger partial charge is 0.213 e. The average Bonchev–Trinajstić information content (AvgIpc) is 2.27. The second-order valence-corrected chi connectivity index (χ2v) is 5.69. The van der Waals surface area contributed by atoms with Gasteiger partial charge in [0.15, 0.2) is 0 Å². The minimum absolute atomic E-state index is 0.0899. The van der Waals surface area contributed by atoms with Crippen LogP contribution in [0.2, 0.25) is 0 Å². The van der Waals surface area contributed by atoms with Gasteiger partial charge < -0.3 is 5.32 Å². The number of hydrogen-bond donors (Lipinski definition) is 2. The maximum absolute atomic E-state index is 11.6. The van der Waals surface area contributed by atoms with Crippen molar-refractivity contribution in [2.45, 2.75) is 20.4 Å². The van der Waals surface area contributed by atoms with Crippen LogP contribution in [-0.2, 0) is 16.6 Å². The Morgan fingerprint density at radius 3 is 2.76 bits per heavy atom. The molecule has 0 aliphatic carbocycles. The molecular formula is C11H19N3O2S. The molecule has 0 saturated heterocycles. The summed E-state index contributed by atoms with van der Waals surface area (Å²) in [5.74, 6) is 0.0899. The minimum atomic E-state index is -3.22. The highest BCUT2D eigenvalue weighted by molar-refractivity contribution is 7.89. The van der Waals surface area contributed by atoms with Gasteiger partial charge in [-0.25, -0.2) is 13.1 Å². The quantitative estimate of drug-likeness (QED) is 0.694. The number of hydrogen-bond acceptors (Lipinski definition) is 4. The lowest BCUT2D eigenvalue weighted by Crippen LogP contribution is -2.31. The summed E-state index contributed by atoms with van der Waals surface area (Å²) >= 11 is 0. The monoisotopic (exact) mass is 257 g/mol. The van der Waals surface area contributed by atoms with Crippen molar-refractivity contribution in [3.05, 3.63) is 29.6 Å². The number of aryl methyl sites for hydroxylation is 1. The van der Waals surface area contributed by atoms with Crippen LogP contribution < -0.4 is 10.0 Å². The number of rotatable bonds is 7. The molecule has 0 atom stereocenters. The fraction of sp³-hybridized carbons (Fsp3) is 0.545. The van der Waals surface area contributed by atoms with E-state index in [4.69, 9.17) is 0 Å². The van der Waals surface area contributed by atoms with Crippen molar-refractivity contribution in [1.82, 2.24) is 15.0 Å². The van der Waals surface area contributed by atoms with E-state index in [0.29, 0.717) is 6.54 Å². The van der Waals surface area contributed by atoms with E-state index in [1.54, 1.807) is 6.07 Å². The first-order valence-electron chi connectivity index (χ1n) is 5.64. The highest BCUT2D eigenvalue weighted by Gasteiger charge is 2.09. The van der Waals surface area contributed by atoms with Crippen molar-refractivity contribution >= 4 is 10.0 Å². The Kier molecular flexibility index (Phi) is 5.54. The molecule has 1 heterocycles. The van der Waals surface area contributed by atoms with Crippen LogP contribution in [0.5, 0.6) is 0 Å². The van der Waals surface area contributed by atoms with E-state index in [1.165, 1.54) is 0 Å². The van der Waals surface area contributed by atoms with Crippen molar-refractivity contribution in [2.75, 3.05) is 18.8 Å². The summed E-state index contributed by atoms with van der Waals surface area (Å²) in [4.78, 5) is 4.23. The Hall–Kier alpha value is -0.980. The number of nitrogens with one attached hydrogen (secondary N) is 2. The first-order chi connectivity index (χ1) is 8.03. The van der Waals surface area contributed by atoms with Gasteiger partial charge in [-0.2, -0.15) is 0 Å². The van der Waals surface area contributed by atoms with Gasteiger partial charge in [-0.05, 0) is 25.6 Å². The maximum atomic E-state index is 11.6. The van der Waals surface area contributed by atoms with Crippen LogP contribution in [0.25, 0.3) is 0 Å². The van der Waals surface area contributed by atoms with E-state index in [9.17, 15) is 8.42 Å². The van der Waals surface area contributed by atoms with Crippen molar-refractivity contribution in [3.8, 4) is 0 Å². The molecule has 6 heteroatoms. The van der Waals surface area contributed by atoms with E-state index in [1.807, 2.05) is 26.0 Å². The molecule has 0 bridgehead atoms. The molecule has 0 fully saturated rings. The Morgan fingerprint density at radius 2 is 2.12 bits per heavy atom. The number of aromatic nitrogens is 1. The second-order valence-electron chi connectivity index (χ2n) is 3.76. The summed E-state index contributed by atoms with van der Waals surface area (Å²) in [6.45, 7) is 5.30. The molecule has 2 N–H and O–H groups in total. The summed E-state index contributed by atoms with van der Waals surface area (Å²) < 4.78 is 25.7. The number of nitrogens with zero attached hydrogens (tertiary/aromatic N) is 1. The van der Waals surface area contributed by atoms with E-state index in [2.05, 4.69) is 15.0 Å². The second kappa shape index (κ2) is 6.68. The van der Waals surface area contributed by atoms with Crippen LogP contribution in [0, 0.1) is 6.92 Å². The number of sulfonamides is 1. The molecule has 0 spiro atoms. The van der Waals surface area contributed by atoms with Gasteiger partial charge in [-0.15, -0.1) is 0 Å². The molecule has 0 unspecified atom stereocenters. The van der Waals surface area contributed by atoms with Crippen LogP contribution in [0.4, 0.5) is 0 Å². The van der Waals surface area contributed by atoms with Gasteiger partial charge in [0.25, 0.3) is 0 Å². The zero-order valence-corrected chi connectivity index (χ0v) is 11.0. The lowest BCUT2D eigenvalue weighted by molar-refractivity contribution is 0.576. The number of pyridine rings is 1. The van der Waals surface area contributed by atoms with Crippen molar-refractivity contribution < 1.29 is 8.42 Å². The summed E-state index contributed by atoms with van der Waals surface area (Å²) in [7, 11) is -3.22. The van der Waals surface area contributed by atoms with Crippen molar-refractivity contribution in [2.24, 2.45) is 0 Å². The largest absolute Gasteiger partial charge is 0.316 e. The average molecular weight is 257 g/mol. The fourth-order valence-electron chi connectivity index (χ4n) is 1.34. The van der Waals surface area contributed by atoms with E-state index in [-0.39, 0.29) is 12.3 Å². The summed E-state index contributed by atoms with van der Waals surface area (Å²) in [6.07, 6.45) is 0. The van der Waals surface area contributed by atoms with Crippen molar-refractivity contribution in [3.63, 3.8) is 0 Å². The highest BCUT2D eigenvalue weighted by atomic mass is 32.2. The minimum Gasteiger partial charge on any atom is -0.316 e. The topological polar surface area (TPSA) is 71.1 Å². The molecule has 0 aliphatic rings. The zero-order valence-electron chi connectivity index (χ0n) is 10.2. The maximum Gasteiger partial charge on any atom is 0.213 e. The molecule has 17 heavy (non-hydrogen) atoms. The lowest BCUT2D eigenvalue weighted by atomic mass is 10.3. The molecule has 0 aliphatic heterocycles. The normalized spacial score (nSPS) is 11.6. The lowest BCUT2D eigenvalue weighted by Gasteiger charge is -2.07. The van der Waals surface area contributed by atoms with E-state index < -0.39 is 10.0 Å². The molecule has 1 aromatic rings. The third-order valence-electron chi connectivity index (χ3n) is 2.22. The van der Waals surface area contributed by atoms with Gasteiger partial charge in [0.1, 0.15) is 0 Å². The van der Waals surface area contributed by atoms with Gasteiger partial charge in [0, 0.05) is 12.2 Å². The van der Waals surface area contributed by atoms with Gasteiger partial charge in [0.05, 0.1) is 18.0 Å². The fourth-order valence-corrected chi connectivity index (χ4v) is 2.26. The van der Waals surface area contributed by atoms with Gasteiger partial charge in [-0.1, -0.05) is 13.0 Å². The van der Waals surface area contributed by atoms with Crippen LogP contribution in [0.3, 0.4) is 0 Å². The molecule has 1 rings (SSSR count). The third-order valence-corrected chi connectivity index (χ3v) is 3.54. The van der Waals surface area contributed by atoms with Gasteiger partial charge in [0.2, 0.25) is 10.0 Å². The van der Waals surface area contributed by atoms with Crippen LogP contribution in [0.1, 0.15) is 18.3 Å². The molecule has 0 radical (unpaired) electrons. The molecule has 0 aromatic carbocycles. The van der Waals surface area contributed by atoms with Crippen molar-refractivity contribution in [1.29, 1.82) is 0 Å². The Bertz CT molecular complexity index is 446. The highest BCUT2D eigenvalue weighted by Crippen LogP contribution is 1.98. The van der Waals surface area contributed by atoms with Gasteiger partial charge >= 0.3 is 0 Å². The zero-order chi connectivity index (χ0) is 12.7. The van der Waals surface area contributed by atoms with E-state index in [0.717, 1.165) is 17.9 Å². The predicted molar refractivity (Wildman–Crippen MR) is 68.1 cm³/mol. The molecule has 0 saturated carbocycles. The summed E-state index contributed by atoms with van der Waals surface area (Å²) in [5.41, 5.74) is 1.62. The standard InChI is InChI=1S/C11H19N3O2S/c1-3-12-7-8-17(15,16)13-9-11-6-4-5-10(2)14-11/h4-6,12-13H,3,7-9H2,1-2H3. The molecule has 96 valence electrons. The predicted octanol–water partition coefficient (Wildman–Crippen LogP) is 0.419. The molecule has 5 nitrogen and oxygen atoms in total. The SMILES string of the molecule is CCNCCS(=O)(=O)NCc1cccc(C)n1. The Labute approximate surface area is 103 Å². The Balaban J connectivity index is 2.44. The molecular weight excluding hydrogens is 238 g/mol. The first kappa shape index (κ1) is 14.1. The van der Waals surface area contributed by atoms with Crippen LogP contribution >= 0.6 is 0 Å². The Morgan fingerprint density at radius 1 is 1.35 bits per heavy atom. The van der Waals surface area contributed by atoms with Crippen LogP contribution in [0.15, 0.2) is 18.2 Å². The molecule has 1 aromatic heterocycles. The summed E-state index contributed by atoms with van der Waals surface area (Å²) in [6, 6.07) is 5.55. The third kappa shape index (κ3) is 5.76. The summed E-state index contributed by atoms with van der Waals surface area (Å²) in [5, 5.41) is 2.98. The first-order valence-corrected chi connectivity index (χ1v) is 7.29. The van der Waals surface area contributed by atoms with E-state index >= 15 is 0 Å². The van der Waals surface area contributed by atoms with Gasteiger partial charge in [-0.3, -0.25) is 4.98 Å². The molecule has 0 amide bonds. The van der Waals surface area contributed by atoms with Crippen LogP contribution in [-0.4, -0.2) is 32.2 Å².